The fraction of sp³-hybridized carbons (Fsp3) is 0.650. The van der Waals surface area contributed by atoms with Crippen LogP contribution in [0.5, 0.6) is 5.75 Å². The molecule has 394 valence electrons. The fourth-order valence-electron chi connectivity index (χ4n) is 4.58. The van der Waals surface area contributed by atoms with Crippen LogP contribution in [-0.4, -0.2) is 191 Å². The Hall–Kier alpha value is -5.66. The first-order valence-corrected chi connectivity index (χ1v) is 21.1. The maximum absolute atomic E-state index is 10.4. The number of aromatic hydroxyl groups is 1. The monoisotopic (exact) mass is 986 g/mol. The number of carboxylic acid groups (broad SMARTS) is 8. The van der Waals surface area contributed by atoms with E-state index in [2.05, 4.69) is 16.0 Å². The summed E-state index contributed by atoms with van der Waals surface area (Å²) in [5.74, 6) is -7.28. The van der Waals surface area contributed by atoms with Crippen molar-refractivity contribution in [2.75, 3.05) is 32.8 Å². The van der Waals surface area contributed by atoms with Crippen molar-refractivity contribution in [3.8, 4) is 5.75 Å². The third-order valence-electron chi connectivity index (χ3n) is 8.78. The van der Waals surface area contributed by atoms with Gasteiger partial charge in [-0.2, -0.15) is 0 Å². The van der Waals surface area contributed by atoms with Crippen molar-refractivity contribution in [3.63, 3.8) is 0 Å². The Morgan fingerprint density at radius 2 is 0.926 bits per heavy atom. The second kappa shape index (κ2) is 41.5. The van der Waals surface area contributed by atoms with Crippen LogP contribution >= 0.6 is 0 Å². The number of phenolic OH excluding ortho intramolecular Hbond substituents is 1. The Morgan fingerprint density at radius 3 is 1.10 bits per heavy atom. The van der Waals surface area contributed by atoms with Gasteiger partial charge in [0, 0.05) is 0 Å². The van der Waals surface area contributed by atoms with Gasteiger partial charge < -0.3 is 107 Å². The number of nitrogens with one attached hydrogen (secondary N) is 3. The molecule has 68 heavy (non-hydrogen) atoms. The van der Waals surface area contributed by atoms with Gasteiger partial charge in [0.2, 0.25) is 0 Å². The number of rotatable bonds is 16. The molecule has 4 rings (SSSR count). The molecule has 0 spiro atoms. The number of hydrogen-bond acceptors (Lipinski definition) is 20. The predicted molar refractivity (Wildman–Crippen MR) is 243 cm³/mol. The van der Waals surface area contributed by atoms with Crippen LogP contribution in [-0.2, 0) is 44.8 Å². The van der Waals surface area contributed by atoms with E-state index < -0.39 is 90.7 Å². The molecule has 3 saturated heterocycles. The third kappa shape index (κ3) is 40.6. The number of carboxylic acids is 8. The van der Waals surface area contributed by atoms with Crippen molar-refractivity contribution in [3.05, 3.63) is 29.8 Å². The molecule has 0 aromatic heterocycles. The third-order valence-corrected chi connectivity index (χ3v) is 8.78. The molecule has 26 N–H and O–H groups in total. The van der Waals surface area contributed by atoms with Gasteiger partial charge in [0.05, 0.1) is 12.7 Å². The lowest BCUT2D eigenvalue weighted by molar-refractivity contribution is -0.141. The van der Waals surface area contributed by atoms with E-state index in [1.165, 1.54) is 26.0 Å². The summed E-state index contributed by atoms with van der Waals surface area (Å²) in [6.07, 6.45) is 6.81. The highest BCUT2D eigenvalue weighted by Crippen LogP contribution is 2.11. The molecule has 1 aromatic rings. The van der Waals surface area contributed by atoms with Gasteiger partial charge in [0.1, 0.15) is 54.1 Å². The minimum Gasteiger partial charge on any atom is -0.508 e. The highest BCUT2D eigenvalue weighted by atomic mass is 16.4. The van der Waals surface area contributed by atoms with E-state index >= 15 is 0 Å². The van der Waals surface area contributed by atoms with Crippen molar-refractivity contribution >= 4 is 47.8 Å². The zero-order chi connectivity index (χ0) is 53.5. The number of unbranched alkanes of at least 4 members (excludes halogenated alkanes) is 1. The summed E-state index contributed by atoms with van der Waals surface area (Å²) in [6, 6.07) is 0.889. The largest absolute Gasteiger partial charge is 0.508 e. The van der Waals surface area contributed by atoms with E-state index in [-0.39, 0.29) is 30.3 Å². The molecular weight excluding hydrogens is 910 g/mol. The van der Waals surface area contributed by atoms with Crippen LogP contribution in [0.4, 0.5) is 0 Å². The first-order valence-electron chi connectivity index (χ1n) is 21.1. The summed E-state index contributed by atoms with van der Waals surface area (Å²) >= 11 is 0. The minimum absolute atomic E-state index is 0.160. The average molecular weight is 986 g/mol. The standard InChI is InChI=1S/C9H11NO3.C6H14N2O2.3C5H9NO2.C4H9NO3.C3H7NO3.C3H7NO2/c10-8(9(12)13)5-6-1-3-7(11)4-2-6;7-4-2-1-3-5(8)6(9)10;3*7-5(8)4-2-1-3-6-4;1-2(6)3(5)4(7)8;4-2(1-5)3(6)7;1-2(4)3(5)6/h1-4,8,11H,5,10H2,(H,12,13);5H,1-4,7-8H2,(H,9,10);3*4,6H,1-3H2,(H,7,8);2-3,6H,5H2,1H3,(H,7,8);2,5H,1,4H2,(H,6,7);2H,4H2,1H3,(H,5,6)/t;;3*4-;;;/m..000.../s1. The highest BCUT2D eigenvalue weighted by Gasteiger charge is 2.22. The zero-order valence-corrected chi connectivity index (χ0v) is 38.3. The Balaban J connectivity index is -0.000000348. The number of aliphatic carboxylic acids is 8. The van der Waals surface area contributed by atoms with E-state index in [1.54, 1.807) is 12.1 Å². The predicted octanol–water partition coefficient (Wildman–Crippen LogP) is -4.07. The molecule has 1 aromatic carbocycles. The van der Waals surface area contributed by atoms with Gasteiger partial charge in [-0.05, 0) is 116 Å². The first-order chi connectivity index (χ1) is 31.6. The molecular formula is C40H75N9O19. The van der Waals surface area contributed by atoms with Crippen LogP contribution in [0.3, 0.4) is 0 Å². The maximum Gasteiger partial charge on any atom is 0.323 e. The molecule has 0 amide bonds. The number of aliphatic hydroxyl groups excluding tert-OH is 2. The van der Waals surface area contributed by atoms with Crippen LogP contribution in [0, 0.1) is 0 Å². The van der Waals surface area contributed by atoms with E-state index in [0.29, 0.717) is 13.0 Å². The number of carbonyl (C=O) groups is 8. The van der Waals surface area contributed by atoms with Crippen molar-refractivity contribution in [1.29, 1.82) is 0 Å². The Kier molecular flexibility index (Phi) is 42.1. The summed E-state index contributed by atoms with van der Waals surface area (Å²) in [6.45, 7) is 5.42. The van der Waals surface area contributed by atoms with Crippen LogP contribution < -0.4 is 50.4 Å². The Bertz CT molecular complexity index is 1490. The summed E-state index contributed by atoms with van der Waals surface area (Å²) in [5, 5.41) is 99.7. The number of nitrogens with two attached hydrogens (primary N) is 6. The quantitative estimate of drug-likeness (QED) is 0.0701. The fourth-order valence-corrected chi connectivity index (χ4v) is 4.58. The molecule has 0 saturated carbocycles. The summed E-state index contributed by atoms with van der Waals surface area (Å²) < 4.78 is 0. The Labute approximate surface area is 393 Å². The van der Waals surface area contributed by atoms with Gasteiger partial charge in [0.15, 0.2) is 0 Å². The van der Waals surface area contributed by atoms with Crippen molar-refractivity contribution in [1.82, 2.24) is 16.0 Å². The molecule has 3 aliphatic rings. The number of benzene rings is 1. The van der Waals surface area contributed by atoms with Crippen molar-refractivity contribution < 1.29 is 94.5 Å². The number of phenols is 1. The number of hydrogen-bond donors (Lipinski definition) is 20. The molecule has 3 heterocycles. The van der Waals surface area contributed by atoms with Gasteiger partial charge >= 0.3 is 47.8 Å². The van der Waals surface area contributed by atoms with Gasteiger partial charge in [-0.3, -0.25) is 38.4 Å². The smallest absolute Gasteiger partial charge is 0.323 e. The second-order valence-electron chi connectivity index (χ2n) is 14.9. The topological polar surface area (TPSA) is 551 Å². The molecule has 9 atom stereocenters. The van der Waals surface area contributed by atoms with Crippen LogP contribution in [0.1, 0.15) is 77.2 Å². The van der Waals surface area contributed by atoms with E-state index in [9.17, 15) is 38.4 Å². The van der Waals surface area contributed by atoms with E-state index in [4.69, 9.17) is 90.6 Å². The first kappa shape index (κ1) is 68.9. The molecule has 6 unspecified atom stereocenters. The highest BCUT2D eigenvalue weighted by molar-refractivity contribution is 5.76. The van der Waals surface area contributed by atoms with E-state index in [1.807, 2.05) is 0 Å². The summed E-state index contributed by atoms with van der Waals surface area (Å²) in [5.41, 5.74) is 31.1. The lowest BCUT2D eigenvalue weighted by atomic mass is 10.1. The molecule has 0 bridgehead atoms. The van der Waals surface area contributed by atoms with Gasteiger partial charge in [0.25, 0.3) is 0 Å². The lowest BCUT2D eigenvalue weighted by Crippen LogP contribution is -2.39. The van der Waals surface area contributed by atoms with Crippen LogP contribution in [0.2, 0.25) is 0 Å². The number of aliphatic hydroxyl groups is 2. The summed E-state index contributed by atoms with van der Waals surface area (Å²) in [7, 11) is 0. The minimum atomic E-state index is -1.18. The molecule has 28 nitrogen and oxygen atoms in total. The SMILES string of the molecule is CC(N)C(=O)O.CC(O)C(N)C(=O)O.NC(CO)C(=O)O.NC(Cc1ccc(O)cc1)C(=O)O.NCCCCC(N)C(=O)O.O=C(O)[C@@H]1CCCN1.O=C(O)[C@@H]1CCCN1.O=C(O)[C@@H]1CCCN1. The molecule has 0 aliphatic carbocycles. The van der Waals surface area contributed by atoms with Gasteiger partial charge in [-0.1, -0.05) is 18.6 Å². The molecule has 0 radical (unpaired) electrons. The zero-order valence-electron chi connectivity index (χ0n) is 38.3. The van der Waals surface area contributed by atoms with E-state index in [0.717, 1.165) is 76.6 Å². The maximum atomic E-state index is 10.4. The van der Waals surface area contributed by atoms with Crippen LogP contribution in [0.25, 0.3) is 0 Å². The normalized spacial score (nSPS) is 18.9. The second-order valence-corrected chi connectivity index (χ2v) is 14.9. The Morgan fingerprint density at radius 1 is 0.574 bits per heavy atom. The van der Waals surface area contributed by atoms with Gasteiger partial charge in [-0.25, -0.2) is 0 Å². The molecule has 3 aliphatic heterocycles. The van der Waals surface area contributed by atoms with Crippen LogP contribution in [0.15, 0.2) is 24.3 Å². The van der Waals surface area contributed by atoms with Crippen molar-refractivity contribution in [2.24, 2.45) is 34.4 Å². The van der Waals surface area contributed by atoms with Crippen molar-refractivity contribution in [2.45, 2.75) is 132 Å². The lowest BCUT2D eigenvalue weighted by Gasteiger charge is -2.06. The molecule has 3 fully saturated rings. The summed E-state index contributed by atoms with van der Waals surface area (Å²) in [4.78, 5) is 80.0. The molecule has 28 heteroatoms. The average Bonchev–Trinajstić information content (AvgIpc) is 4.11. The van der Waals surface area contributed by atoms with Gasteiger partial charge in [-0.15, -0.1) is 0 Å².